The molecule has 0 bridgehead atoms. The predicted octanol–water partition coefficient (Wildman–Crippen LogP) is 8.57. The number of unbranched alkanes of at least 4 members (excludes halogenated alkanes) is 20. The molecule has 198 valence electrons. The van der Waals surface area contributed by atoms with E-state index in [1.165, 1.54) is 116 Å². The van der Waals surface area contributed by atoms with Crippen molar-refractivity contribution in [3.05, 3.63) is 0 Å². The Kier molecular flexibility index (Phi) is 25.5. The van der Waals surface area contributed by atoms with Crippen LogP contribution in [0.25, 0.3) is 0 Å². The van der Waals surface area contributed by atoms with Crippen LogP contribution in [0.2, 0.25) is 0 Å². The minimum absolute atomic E-state index is 0.326. The number of aliphatic carboxylic acids is 1. The Morgan fingerprint density at radius 1 is 0.485 bits per heavy atom. The standard InChI is InChI=1S/C29H58O4/c1-2-3-4-5-18-21-24-27(30)28(31)25-22-19-16-14-12-10-8-6-7-9-11-13-15-17-20-23-26-29(32)33/h27-28,30-31H,2-26H2,1H3,(H,32,33). The van der Waals surface area contributed by atoms with Crippen molar-refractivity contribution < 1.29 is 20.1 Å². The minimum Gasteiger partial charge on any atom is -0.481 e. The summed E-state index contributed by atoms with van der Waals surface area (Å²) in [6, 6.07) is 0. The predicted molar refractivity (Wildman–Crippen MR) is 141 cm³/mol. The van der Waals surface area contributed by atoms with Crippen LogP contribution in [-0.4, -0.2) is 33.5 Å². The highest BCUT2D eigenvalue weighted by Gasteiger charge is 2.15. The van der Waals surface area contributed by atoms with Gasteiger partial charge in [0, 0.05) is 6.42 Å². The minimum atomic E-state index is -0.667. The first-order valence-electron chi connectivity index (χ1n) is 14.7. The summed E-state index contributed by atoms with van der Waals surface area (Å²) in [7, 11) is 0. The second-order valence-electron chi connectivity index (χ2n) is 10.3. The highest BCUT2D eigenvalue weighted by Crippen LogP contribution is 2.16. The number of carboxylic acids is 1. The molecule has 3 N–H and O–H groups in total. The molecule has 0 aliphatic rings. The Morgan fingerprint density at radius 2 is 0.758 bits per heavy atom. The number of aliphatic hydroxyl groups is 2. The maximum Gasteiger partial charge on any atom is 0.303 e. The Labute approximate surface area is 206 Å². The third-order valence-electron chi connectivity index (χ3n) is 6.94. The second-order valence-corrected chi connectivity index (χ2v) is 10.3. The summed E-state index contributed by atoms with van der Waals surface area (Å²) in [4.78, 5) is 10.4. The van der Waals surface area contributed by atoms with Gasteiger partial charge in [-0.15, -0.1) is 0 Å². The molecular weight excluding hydrogens is 412 g/mol. The van der Waals surface area contributed by atoms with Crippen LogP contribution in [0.15, 0.2) is 0 Å². The van der Waals surface area contributed by atoms with Gasteiger partial charge in [-0.1, -0.05) is 142 Å². The van der Waals surface area contributed by atoms with Gasteiger partial charge in [0.15, 0.2) is 0 Å². The van der Waals surface area contributed by atoms with Crippen molar-refractivity contribution in [1.82, 2.24) is 0 Å². The first kappa shape index (κ1) is 32.4. The number of hydrogen-bond acceptors (Lipinski definition) is 3. The van der Waals surface area contributed by atoms with Gasteiger partial charge >= 0.3 is 5.97 Å². The summed E-state index contributed by atoms with van der Waals surface area (Å²) in [5.74, 6) is -0.667. The molecule has 0 aliphatic heterocycles. The molecule has 4 nitrogen and oxygen atoms in total. The molecule has 0 spiro atoms. The second kappa shape index (κ2) is 26.0. The van der Waals surface area contributed by atoms with E-state index in [-0.39, 0.29) is 0 Å². The summed E-state index contributed by atoms with van der Waals surface area (Å²) in [5, 5.41) is 28.8. The molecular formula is C29H58O4. The van der Waals surface area contributed by atoms with Crippen molar-refractivity contribution in [3.8, 4) is 0 Å². The van der Waals surface area contributed by atoms with Gasteiger partial charge in [0.05, 0.1) is 12.2 Å². The molecule has 0 aliphatic carbocycles. The molecule has 0 rings (SSSR count). The van der Waals surface area contributed by atoms with Crippen LogP contribution in [0.3, 0.4) is 0 Å². The summed E-state index contributed by atoms with van der Waals surface area (Å²) in [6.45, 7) is 2.23. The van der Waals surface area contributed by atoms with Gasteiger partial charge in [-0.3, -0.25) is 4.79 Å². The van der Waals surface area contributed by atoms with Gasteiger partial charge in [-0.05, 0) is 19.3 Å². The van der Waals surface area contributed by atoms with Crippen molar-refractivity contribution in [2.45, 2.75) is 180 Å². The largest absolute Gasteiger partial charge is 0.481 e. The molecule has 0 saturated carbocycles. The Morgan fingerprint density at radius 3 is 1.06 bits per heavy atom. The van der Waals surface area contributed by atoms with Crippen LogP contribution in [0, 0.1) is 0 Å². The fraction of sp³-hybridized carbons (Fsp3) is 0.966. The molecule has 0 radical (unpaired) electrons. The average Bonchev–Trinajstić information content (AvgIpc) is 2.80. The van der Waals surface area contributed by atoms with Crippen molar-refractivity contribution in [2.75, 3.05) is 0 Å². The van der Waals surface area contributed by atoms with E-state index in [1.807, 2.05) is 0 Å². The molecule has 0 aromatic heterocycles. The van der Waals surface area contributed by atoms with Gasteiger partial charge in [0.25, 0.3) is 0 Å². The normalized spacial score (nSPS) is 13.3. The zero-order valence-electron chi connectivity index (χ0n) is 22.1. The number of rotatable bonds is 27. The Hall–Kier alpha value is -0.610. The fourth-order valence-electron chi connectivity index (χ4n) is 4.62. The average molecular weight is 471 g/mol. The van der Waals surface area contributed by atoms with E-state index in [2.05, 4.69) is 6.92 Å². The Balaban J connectivity index is 3.23. The highest BCUT2D eigenvalue weighted by molar-refractivity contribution is 5.66. The molecule has 0 aromatic rings. The fourth-order valence-corrected chi connectivity index (χ4v) is 4.62. The monoisotopic (exact) mass is 470 g/mol. The molecule has 2 atom stereocenters. The van der Waals surface area contributed by atoms with Gasteiger partial charge < -0.3 is 15.3 Å². The van der Waals surface area contributed by atoms with E-state index in [4.69, 9.17) is 5.11 Å². The topological polar surface area (TPSA) is 77.8 Å². The quantitative estimate of drug-likeness (QED) is 0.105. The molecule has 0 amide bonds. The first-order chi connectivity index (χ1) is 16.1. The SMILES string of the molecule is CCCCCCCCC(O)C(O)CCCCCCCCCCCCCCCCCCC(=O)O. The van der Waals surface area contributed by atoms with Crippen molar-refractivity contribution >= 4 is 5.97 Å². The van der Waals surface area contributed by atoms with E-state index in [1.54, 1.807) is 0 Å². The Bertz CT molecular complexity index is 399. The van der Waals surface area contributed by atoms with Crippen LogP contribution in [0.4, 0.5) is 0 Å². The van der Waals surface area contributed by atoms with Crippen LogP contribution in [0.1, 0.15) is 167 Å². The van der Waals surface area contributed by atoms with E-state index in [9.17, 15) is 15.0 Å². The van der Waals surface area contributed by atoms with E-state index in [0.717, 1.165) is 38.5 Å². The number of carbonyl (C=O) groups is 1. The van der Waals surface area contributed by atoms with Crippen molar-refractivity contribution in [1.29, 1.82) is 0 Å². The van der Waals surface area contributed by atoms with Gasteiger partial charge in [-0.2, -0.15) is 0 Å². The smallest absolute Gasteiger partial charge is 0.303 e. The van der Waals surface area contributed by atoms with Gasteiger partial charge in [0.1, 0.15) is 0 Å². The van der Waals surface area contributed by atoms with Crippen LogP contribution in [0.5, 0.6) is 0 Å². The third-order valence-corrected chi connectivity index (χ3v) is 6.94. The summed E-state index contributed by atoms with van der Waals surface area (Å²) >= 11 is 0. The lowest BCUT2D eigenvalue weighted by Crippen LogP contribution is -2.25. The molecule has 2 unspecified atom stereocenters. The molecule has 33 heavy (non-hydrogen) atoms. The van der Waals surface area contributed by atoms with E-state index in [0.29, 0.717) is 6.42 Å². The zero-order valence-corrected chi connectivity index (χ0v) is 22.1. The molecule has 0 fully saturated rings. The summed E-state index contributed by atoms with van der Waals surface area (Å²) in [5.41, 5.74) is 0. The van der Waals surface area contributed by atoms with Gasteiger partial charge in [-0.25, -0.2) is 0 Å². The summed E-state index contributed by atoms with van der Waals surface area (Å²) in [6.07, 6.45) is 28.0. The van der Waals surface area contributed by atoms with Crippen LogP contribution in [-0.2, 0) is 4.79 Å². The van der Waals surface area contributed by atoms with Crippen molar-refractivity contribution in [3.63, 3.8) is 0 Å². The number of carboxylic acid groups (broad SMARTS) is 1. The zero-order chi connectivity index (χ0) is 24.4. The van der Waals surface area contributed by atoms with E-state index >= 15 is 0 Å². The summed E-state index contributed by atoms with van der Waals surface area (Å²) < 4.78 is 0. The lowest BCUT2D eigenvalue weighted by Gasteiger charge is -2.17. The lowest BCUT2D eigenvalue weighted by molar-refractivity contribution is -0.137. The first-order valence-corrected chi connectivity index (χ1v) is 14.7. The van der Waals surface area contributed by atoms with E-state index < -0.39 is 18.2 Å². The van der Waals surface area contributed by atoms with Crippen molar-refractivity contribution in [2.24, 2.45) is 0 Å². The maximum absolute atomic E-state index is 10.4. The number of hydrogen-bond donors (Lipinski definition) is 3. The van der Waals surface area contributed by atoms with Crippen LogP contribution < -0.4 is 0 Å². The number of aliphatic hydroxyl groups excluding tert-OH is 2. The third kappa shape index (κ3) is 25.8. The van der Waals surface area contributed by atoms with Gasteiger partial charge in [0.2, 0.25) is 0 Å². The highest BCUT2D eigenvalue weighted by atomic mass is 16.4. The maximum atomic E-state index is 10.4. The molecule has 4 heteroatoms. The molecule has 0 saturated heterocycles. The molecule has 0 heterocycles. The lowest BCUT2D eigenvalue weighted by atomic mass is 9.99. The molecule has 0 aromatic carbocycles. The van der Waals surface area contributed by atoms with Crippen LogP contribution >= 0.6 is 0 Å².